The van der Waals surface area contributed by atoms with Crippen molar-refractivity contribution in [3.05, 3.63) is 53.9 Å². The Morgan fingerprint density at radius 3 is 2.54 bits per heavy atom. The lowest BCUT2D eigenvalue weighted by molar-refractivity contribution is -0.911. The Bertz CT molecular complexity index is 735. The predicted molar refractivity (Wildman–Crippen MR) is 105 cm³/mol. The zero-order chi connectivity index (χ0) is 18.7. The number of likely N-dealkylation sites (N-methyl/N-ethyl adjacent to an activating group) is 1. The number of hydrogen-bond donors (Lipinski definition) is 1. The third-order valence-electron chi connectivity index (χ3n) is 5.50. The van der Waals surface area contributed by atoms with Crippen molar-refractivity contribution in [3.63, 3.8) is 0 Å². The van der Waals surface area contributed by atoms with Gasteiger partial charge in [-0.15, -0.1) is 0 Å². The lowest BCUT2D eigenvalue weighted by atomic mass is 10.1. The van der Waals surface area contributed by atoms with Crippen LogP contribution in [0.2, 0.25) is 0 Å². The number of anilines is 1. The summed E-state index contributed by atoms with van der Waals surface area (Å²) in [5, 5.41) is 0. The van der Waals surface area contributed by atoms with Gasteiger partial charge in [-0.25, -0.2) is 0 Å². The van der Waals surface area contributed by atoms with Crippen molar-refractivity contribution < 1.29 is 9.69 Å². The maximum Gasteiger partial charge on any atom is 0.277 e. The predicted octanol–water partition coefficient (Wildman–Crippen LogP) is 1.47. The van der Waals surface area contributed by atoms with Crippen molar-refractivity contribution in [2.24, 2.45) is 7.05 Å². The summed E-state index contributed by atoms with van der Waals surface area (Å²) < 4.78 is 2.19. The lowest BCUT2D eigenvalue weighted by Gasteiger charge is -2.24. The first-order valence-corrected chi connectivity index (χ1v) is 9.41. The highest BCUT2D eigenvalue weighted by atomic mass is 16.2. The minimum atomic E-state index is 0.220. The highest BCUT2D eigenvalue weighted by Crippen LogP contribution is 2.19. The number of quaternary nitrogens is 1. The molecule has 3 rings (SSSR count). The molecule has 2 aromatic rings. The molecule has 5 heteroatoms. The van der Waals surface area contributed by atoms with Gasteiger partial charge in [0.1, 0.15) is 6.04 Å². The van der Waals surface area contributed by atoms with Crippen molar-refractivity contribution in [2.75, 3.05) is 39.1 Å². The summed E-state index contributed by atoms with van der Waals surface area (Å²) in [7, 11) is 8.07. The molecule has 1 saturated heterocycles. The summed E-state index contributed by atoms with van der Waals surface area (Å²) in [6.07, 6.45) is 4.45. The largest absolute Gasteiger partial charge is 0.378 e. The van der Waals surface area contributed by atoms with Crippen LogP contribution >= 0.6 is 0 Å². The number of carbonyl (C=O) groups is 1. The molecule has 0 bridgehead atoms. The fraction of sp³-hybridized carbons (Fsp3) is 0.476. The molecule has 5 nitrogen and oxygen atoms in total. The maximum atomic E-state index is 12.8. The number of hydrogen-bond acceptors (Lipinski definition) is 2. The molecule has 1 aliphatic heterocycles. The zero-order valence-corrected chi connectivity index (χ0v) is 16.4. The molecule has 0 aliphatic carbocycles. The van der Waals surface area contributed by atoms with Crippen molar-refractivity contribution >= 4 is 11.6 Å². The zero-order valence-electron chi connectivity index (χ0n) is 16.4. The number of nitrogens with zero attached hydrogens (tertiary/aromatic N) is 3. The quantitative estimate of drug-likeness (QED) is 0.851. The first kappa shape index (κ1) is 18.5. The minimum Gasteiger partial charge on any atom is -0.378 e. The molecule has 140 valence electrons. The normalized spacial score (nSPS) is 19.5. The van der Waals surface area contributed by atoms with Gasteiger partial charge in [0.15, 0.2) is 6.54 Å². The van der Waals surface area contributed by atoms with Gasteiger partial charge in [-0.05, 0) is 29.8 Å². The third kappa shape index (κ3) is 4.10. The van der Waals surface area contributed by atoms with Gasteiger partial charge in [-0.3, -0.25) is 4.79 Å². The number of likely N-dealkylation sites (tertiary alicyclic amines) is 1. The number of amides is 1. The molecule has 1 aliphatic rings. The molecule has 1 aromatic carbocycles. The van der Waals surface area contributed by atoms with Gasteiger partial charge in [-0.1, -0.05) is 12.1 Å². The fourth-order valence-electron chi connectivity index (χ4n) is 3.91. The van der Waals surface area contributed by atoms with Crippen molar-refractivity contribution in [2.45, 2.75) is 25.4 Å². The van der Waals surface area contributed by atoms with E-state index >= 15 is 0 Å². The van der Waals surface area contributed by atoms with Crippen LogP contribution in [0.3, 0.4) is 0 Å². The molecule has 1 N–H and O–H groups in total. The summed E-state index contributed by atoms with van der Waals surface area (Å²) >= 11 is 0. The second-order valence-corrected chi connectivity index (χ2v) is 7.63. The number of benzene rings is 1. The smallest absolute Gasteiger partial charge is 0.277 e. The highest BCUT2D eigenvalue weighted by molar-refractivity contribution is 5.76. The van der Waals surface area contributed by atoms with E-state index in [-0.39, 0.29) is 5.91 Å². The van der Waals surface area contributed by atoms with E-state index in [9.17, 15) is 4.79 Å². The molecule has 0 spiro atoms. The molecule has 1 aromatic heterocycles. The molecular formula is C21H31N4O+. The van der Waals surface area contributed by atoms with Crippen LogP contribution in [-0.2, 0) is 18.4 Å². The van der Waals surface area contributed by atoms with Crippen LogP contribution in [0.15, 0.2) is 42.6 Å². The molecule has 2 heterocycles. The van der Waals surface area contributed by atoms with Crippen LogP contribution in [0, 0.1) is 0 Å². The van der Waals surface area contributed by atoms with Gasteiger partial charge >= 0.3 is 0 Å². The van der Waals surface area contributed by atoms with Crippen LogP contribution < -0.4 is 9.80 Å². The van der Waals surface area contributed by atoms with Crippen LogP contribution in [0.25, 0.3) is 0 Å². The summed E-state index contributed by atoms with van der Waals surface area (Å²) in [6, 6.07) is 13.1. The van der Waals surface area contributed by atoms with E-state index < -0.39 is 0 Å². The number of aryl methyl sites for hydroxylation is 1. The Labute approximate surface area is 156 Å². The van der Waals surface area contributed by atoms with Crippen molar-refractivity contribution in [1.29, 1.82) is 0 Å². The topological polar surface area (TPSA) is 32.9 Å². The maximum absolute atomic E-state index is 12.8. The van der Waals surface area contributed by atoms with E-state index in [1.807, 2.05) is 26.0 Å². The average Bonchev–Trinajstić information content (AvgIpc) is 3.23. The minimum absolute atomic E-state index is 0.220. The number of aromatic nitrogens is 1. The van der Waals surface area contributed by atoms with Crippen molar-refractivity contribution in [1.82, 2.24) is 9.47 Å². The van der Waals surface area contributed by atoms with Crippen LogP contribution in [0.1, 0.15) is 30.1 Å². The number of nitrogens with one attached hydrogen (secondary N) is 1. The Balaban J connectivity index is 1.59. The van der Waals surface area contributed by atoms with E-state index in [0.717, 1.165) is 13.0 Å². The van der Waals surface area contributed by atoms with Gasteiger partial charge in [0.25, 0.3) is 5.91 Å². The van der Waals surface area contributed by atoms with Gasteiger partial charge < -0.3 is 19.3 Å². The van der Waals surface area contributed by atoms with Gasteiger partial charge in [0, 0.05) is 59.5 Å². The monoisotopic (exact) mass is 355 g/mol. The van der Waals surface area contributed by atoms with Gasteiger partial charge in [0.05, 0.1) is 12.2 Å². The second-order valence-electron chi connectivity index (χ2n) is 7.63. The van der Waals surface area contributed by atoms with Gasteiger partial charge in [0.2, 0.25) is 0 Å². The first-order valence-electron chi connectivity index (χ1n) is 9.41. The Morgan fingerprint density at radius 1 is 1.19 bits per heavy atom. The molecular weight excluding hydrogens is 324 g/mol. The van der Waals surface area contributed by atoms with Crippen LogP contribution in [-0.4, -0.2) is 49.6 Å². The molecule has 1 fully saturated rings. The first-order chi connectivity index (χ1) is 12.5. The third-order valence-corrected chi connectivity index (χ3v) is 5.50. The summed E-state index contributed by atoms with van der Waals surface area (Å²) in [5.41, 5.74) is 3.68. The average molecular weight is 356 g/mol. The fourth-order valence-corrected chi connectivity index (χ4v) is 3.91. The van der Waals surface area contributed by atoms with Crippen LogP contribution in [0.4, 0.5) is 5.69 Å². The molecule has 1 unspecified atom stereocenters. The Kier molecular flexibility index (Phi) is 5.67. The SMILES string of the molecule is CN(Cc1ccc(N(C)C)cc1)C(=O)C[NH+]1CCC[C@@H]1c1cccn1C. The Hall–Kier alpha value is -2.27. The van der Waals surface area contributed by atoms with E-state index in [4.69, 9.17) is 0 Å². The van der Waals surface area contributed by atoms with Crippen LogP contribution in [0.5, 0.6) is 0 Å². The second kappa shape index (κ2) is 7.96. The van der Waals surface area contributed by atoms with E-state index in [1.165, 1.54) is 28.3 Å². The Morgan fingerprint density at radius 2 is 1.92 bits per heavy atom. The van der Waals surface area contributed by atoms with Gasteiger partial charge in [-0.2, -0.15) is 0 Å². The molecule has 0 radical (unpaired) electrons. The van der Waals surface area contributed by atoms with Crippen molar-refractivity contribution in [3.8, 4) is 0 Å². The number of carbonyl (C=O) groups excluding carboxylic acids is 1. The number of rotatable bonds is 6. The van der Waals surface area contributed by atoms with E-state index in [0.29, 0.717) is 19.1 Å². The molecule has 0 saturated carbocycles. The van der Waals surface area contributed by atoms with E-state index in [1.54, 1.807) is 0 Å². The molecule has 1 amide bonds. The standard InChI is InChI=1S/C21H30N4O/c1-22(2)18-11-9-17(10-12-18)15-24(4)21(26)16-25-14-6-8-20(25)19-7-5-13-23(19)3/h5,7,9-13,20H,6,8,14-16H2,1-4H3/p+1/t20-/m1/s1. The highest BCUT2D eigenvalue weighted by Gasteiger charge is 2.33. The van der Waals surface area contributed by atoms with E-state index in [2.05, 4.69) is 59.1 Å². The molecule has 2 atom stereocenters. The summed E-state index contributed by atoms with van der Waals surface area (Å²) in [4.78, 5) is 18.1. The molecule has 26 heavy (non-hydrogen) atoms. The summed E-state index contributed by atoms with van der Waals surface area (Å²) in [6.45, 7) is 2.31. The lowest BCUT2D eigenvalue weighted by Crippen LogP contribution is -3.11. The summed E-state index contributed by atoms with van der Waals surface area (Å²) in [5.74, 6) is 0.220.